The summed E-state index contributed by atoms with van der Waals surface area (Å²) in [5.74, 6) is -0.0831. The van der Waals surface area contributed by atoms with E-state index in [1.165, 1.54) is 31.1 Å². The van der Waals surface area contributed by atoms with E-state index in [2.05, 4.69) is 4.90 Å². The van der Waals surface area contributed by atoms with E-state index in [0.29, 0.717) is 29.4 Å². The number of aliphatic hydroxyl groups is 1. The fraction of sp³-hybridized carbons (Fsp3) is 0.647. The van der Waals surface area contributed by atoms with Crippen LogP contribution in [0.2, 0.25) is 0 Å². The summed E-state index contributed by atoms with van der Waals surface area (Å²) in [4.78, 5) is 29.3. The van der Waals surface area contributed by atoms with Gasteiger partial charge in [-0.15, -0.1) is 11.3 Å². The molecule has 2 fully saturated rings. The first-order chi connectivity index (χ1) is 11.0. The summed E-state index contributed by atoms with van der Waals surface area (Å²) in [7, 11) is 0. The van der Waals surface area contributed by atoms with Crippen LogP contribution in [0.4, 0.5) is 0 Å². The van der Waals surface area contributed by atoms with Crippen molar-refractivity contribution in [3.63, 3.8) is 0 Å². The highest BCUT2D eigenvalue weighted by Gasteiger charge is 2.37. The van der Waals surface area contributed by atoms with Gasteiger partial charge in [-0.1, -0.05) is 0 Å². The lowest BCUT2D eigenvalue weighted by Crippen LogP contribution is -2.55. The normalized spacial score (nSPS) is 25.7. The molecule has 0 spiro atoms. The van der Waals surface area contributed by atoms with Crippen LogP contribution < -0.4 is 0 Å². The van der Waals surface area contributed by atoms with Crippen molar-refractivity contribution in [2.75, 3.05) is 32.7 Å². The van der Waals surface area contributed by atoms with E-state index in [-0.39, 0.29) is 11.7 Å². The van der Waals surface area contributed by atoms with Crippen LogP contribution in [-0.2, 0) is 0 Å². The lowest BCUT2D eigenvalue weighted by molar-refractivity contribution is -0.0430. The first kappa shape index (κ1) is 16.6. The standard InChI is InChI=1S/C17H24N2O3S/c1-13(20)14-5-6-15(23-14)16(21)19-10-4-7-17(22,12-19)11-18-8-2-3-9-18/h5-6,22H,2-4,7-12H2,1H3. The molecule has 6 heteroatoms. The van der Waals surface area contributed by atoms with Crippen LogP contribution in [0, 0.1) is 0 Å². The number of hydrogen-bond donors (Lipinski definition) is 1. The molecule has 0 bridgehead atoms. The molecule has 2 aliphatic heterocycles. The van der Waals surface area contributed by atoms with Crippen LogP contribution in [-0.4, -0.2) is 64.9 Å². The molecule has 5 nitrogen and oxygen atoms in total. The molecule has 2 saturated heterocycles. The predicted molar refractivity (Wildman–Crippen MR) is 90.1 cm³/mol. The Hall–Kier alpha value is -1.24. The second-order valence-corrected chi connectivity index (χ2v) is 7.84. The third kappa shape index (κ3) is 3.82. The zero-order chi connectivity index (χ0) is 16.4. The molecule has 0 saturated carbocycles. The second kappa shape index (κ2) is 6.71. The van der Waals surface area contributed by atoms with Crippen molar-refractivity contribution >= 4 is 23.0 Å². The SMILES string of the molecule is CC(=O)c1ccc(C(=O)N2CCCC(O)(CN3CCCC3)C2)s1. The minimum Gasteiger partial charge on any atom is -0.387 e. The molecule has 1 amide bonds. The van der Waals surface area contributed by atoms with Crippen LogP contribution in [0.5, 0.6) is 0 Å². The fourth-order valence-electron chi connectivity index (χ4n) is 3.57. The Morgan fingerprint density at radius 3 is 2.52 bits per heavy atom. The Balaban J connectivity index is 1.66. The third-order valence-electron chi connectivity index (χ3n) is 4.72. The van der Waals surface area contributed by atoms with Gasteiger partial charge in [-0.2, -0.15) is 0 Å². The molecule has 1 aromatic rings. The van der Waals surface area contributed by atoms with Crippen molar-refractivity contribution < 1.29 is 14.7 Å². The number of piperidine rings is 1. The summed E-state index contributed by atoms with van der Waals surface area (Å²) in [6.45, 7) is 5.31. The van der Waals surface area contributed by atoms with Gasteiger partial charge in [0, 0.05) is 13.1 Å². The molecular weight excluding hydrogens is 312 g/mol. The molecule has 0 aliphatic carbocycles. The first-order valence-corrected chi connectivity index (χ1v) is 9.13. The maximum absolute atomic E-state index is 12.7. The molecule has 2 aliphatic rings. The summed E-state index contributed by atoms with van der Waals surface area (Å²) < 4.78 is 0. The van der Waals surface area contributed by atoms with Gasteiger partial charge in [0.15, 0.2) is 5.78 Å². The molecule has 3 heterocycles. The van der Waals surface area contributed by atoms with E-state index in [0.717, 1.165) is 25.9 Å². The van der Waals surface area contributed by atoms with Crippen LogP contribution in [0.25, 0.3) is 0 Å². The lowest BCUT2D eigenvalue weighted by atomic mass is 9.92. The molecule has 1 N–H and O–H groups in total. The van der Waals surface area contributed by atoms with E-state index in [1.54, 1.807) is 17.0 Å². The third-order valence-corrected chi connectivity index (χ3v) is 5.90. The lowest BCUT2D eigenvalue weighted by Gasteiger charge is -2.41. The van der Waals surface area contributed by atoms with Crippen molar-refractivity contribution in [2.24, 2.45) is 0 Å². The summed E-state index contributed by atoms with van der Waals surface area (Å²) in [5.41, 5.74) is -0.807. The number of β-amino-alcohol motifs (C(OH)–C–C–N with tert-alkyl or cyclic N) is 1. The van der Waals surface area contributed by atoms with Gasteiger partial charge in [0.25, 0.3) is 5.91 Å². The minimum atomic E-state index is -0.807. The van der Waals surface area contributed by atoms with Gasteiger partial charge in [-0.05, 0) is 57.8 Å². The summed E-state index contributed by atoms with van der Waals surface area (Å²) in [6.07, 6.45) is 3.96. The molecule has 1 atom stereocenters. The number of rotatable bonds is 4. The van der Waals surface area contributed by atoms with Crippen LogP contribution in [0.3, 0.4) is 0 Å². The number of ketones is 1. The average molecular weight is 336 g/mol. The van der Waals surface area contributed by atoms with Crippen molar-refractivity contribution in [3.8, 4) is 0 Å². The molecule has 126 valence electrons. The van der Waals surface area contributed by atoms with Gasteiger partial charge in [0.05, 0.1) is 21.9 Å². The monoisotopic (exact) mass is 336 g/mol. The number of nitrogens with zero attached hydrogens (tertiary/aromatic N) is 2. The highest BCUT2D eigenvalue weighted by atomic mass is 32.1. The predicted octanol–water partition coefficient (Wildman–Crippen LogP) is 2.01. The fourth-order valence-corrected chi connectivity index (χ4v) is 4.44. The van der Waals surface area contributed by atoms with E-state index in [1.807, 2.05) is 0 Å². The van der Waals surface area contributed by atoms with Crippen LogP contribution >= 0.6 is 11.3 Å². The Bertz CT molecular complexity index is 594. The molecule has 1 unspecified atom stereocenters. The van der Waals surface area contributed by atoms with Gasteiger partial charge in [0.1, 0.15) is 0 Å². The number of amides is 1. The second-order valence-electron chi connectivity index (χ2n) is 6.76. The number of Topliss-reactive ketones (excluding diaryl/α,β-unsaturated/α-hetero) is 1. The van der Waals surface area contributed by atoms with Crippen molar-refractivity contribution in [2.45, 2.75) is 38.2 Å². The topological polar surface area (TPSA) is 60.9 Å². The Kier molecular flexibility index (Phi) is 4.85. The van der Waals surface area contributed by atoms with E-state index < -0.39 is 5.60 Å². The first-order valence-electron chi connectivity index (χ1n) is 8.32. The van der Waals surface area contributed by atoms with E-state index in [9.17, 15) is 14.7 Å². The number of carbonyl (C=O) groups is 2. The molecular formula is C17H24N2O3S. The highest BCUT2D eigenvalue weighted by molar-refractivity contribution is 7.15. The average Bonchev–Trinajstić information content (AvgIpc) is 3.17. The van der Waals surface area contributed by atoms with Crippen molar-refractivity contribution in [1.29, 1.82) is 0 Å². The van der Waals surface area contributed by atoms with Crippen LogP contribution in [0.1, 0.15) is 52.0 Å². The molecule has 3 rings (SSSR count). The summed E-state index contributed by atoms with van der Waals surface area (Å²) in [5, 5.41) is 10.9. The number of hydrogen-bond acceptors (Lipinski definition) is 5. The largest absolute Gasteiger partial charge is 0.387 e. The zero-order valence-electron chi connectivity index (χ0n) is 13.6. The molecule has 0 aromatic carbocycles. The van der Waals surface area contributed by atoms with Gasteiger partial charge in [0.2, 0.25) is 0 Å². The number of thiophene rings is 1. The van der Waals surface area contributed by atoms with Gasteiger partial charge in [-0.3, -0.25) is 9.59 Å². The minimum absolute atomic E-state index is 0.0155. The quantitative estimate of drug-likeness (QED) is 0.855. The molecule has 1 aromatic heterocycles. The zero-order valence-corrected chi connectivity index (χ0v) is 14.4. The maximum atomic E-state index is 12.7. The molecule has 0 radical (unpaired) electrons. The highest BCUT2D eigenvalue weighted by Crippen LogP contribution is 2.27. The van der Waals surface area contributed by atoms with Gasteiger partial charge < -0.3 is 14.9 Å². The smallest absolute Gasteiger partial charge is 0.264 e. The maximum Gasteiger partial charge on any atom is 0.264 e. The number of likely N-dealkylation sites (tertiary alicyclic amines) is 2. The Labute approximate surface area is 140 Å². The van der Waals surface area contributed by atoms with E-state index >= 15 is 0 Å². The van der Waals surface area contributed by atoms with Crippen LogP contribution in [0.15, 0.2) is 12.1 Å². The van der Waals surface area contributed by atoms with Gasteiger partial charge in [-0.25, -0.2) is 0 Å². The number of carbonyl (C=O) groups excluding carboxylic acids is 2. The van der Waals surface area contributed by atoms with Crippen molar-refractivity contribution in [1.82, 2.24) is 9.80 Å². The molecule has 23 heavy (non-hydrogen) atoms. The summed E-state index contributed by atoms with van der Waals surface area (Å²) in [6, 6.07) is 3.43. The Morgan fingerprint density at radius 1 is 1.17 bits per heavy atom. The van der Waals surface area contributed by atoms with Crippen molar-refractivity contribution in [3.05, 3.63) is 21.9 Å². The Morgan fingerprint density at radius 2 is 1.87 bits per heavy atom. The summed E-state index contributed by atoms with van der Waals surface area (Å²) >= 11 is 1.24. The van der Waals surface area contributed by atoms with Gasteiger partial charge >= 0.3 is 0 Å². The van der Waals surface area contributed by atoms with E-state index in [4.69, 9.17) is 0 Å².